The maximum Gasteiger partial charge on any atom is 0.307 e. The fourth-order valence-electron chi connectivity index (χ4n) is 1.90. The van der Waals surface area contributed by atoms with Crippen LogP contribution in [-0.2, 0) is 16.1 Å². The summed E-state index contributed by atoms with van der Waals surface area (Å²) >= 11 is 0. The molecule has 0 spiro atoms. The molecule has 0 aliphatic heterocycles. The summed E-state index contributed by atoms with van der Waals surface area (Å²) in [4.78, 5) is 34.6. The molecule has 7 nitrogen and oxygen atoms in total. The van der Waals surface area contributed by atoms with Gasteiger partial charge < -0.3 is 10.0 Å². The monoisotopic (exact) mass is 294 g/mol. The summed E-state index contributed by atoms with van der Waals surface area (Å²) in [7, 11) is 1.55. The Kier molecular flexibility index (Phi) is 5.40. The third kappa shape index (κ3) is 4.27. The Morgan fingerprint density at radius 1 is 1.33 bits per heavy atom. The summed E-state index contributed by atoms with van der Waals surface area (Å²) in [6.45, 7) is 3.23. The first kappa shape index (κ1) is 16.6. The molecular formula is C14H18N2O5. The van der Waals surface area contributed by atoms with Gasteiger partial charge >= 0.3 is 5.97 Å². The molecule has 1 rings (SSSR count). The first-order chi connectivity index (χ1) is 9.73. The van der Waals surface area contributed by atoms with Crippen molar-refractivity contribution in [2.24, 2.45) is 11.8 Å². The van der Waals surface area contributed by atoms with Crippen molar-refractivity contribution in [2.75, 3.05) is 7.05 Å². The van der Waals surface area contributed by atoms with Gasteiger partial charge in [-0.2, -0.15) is 0 Å². The van der Waals surface area contributed by atoms with Crippen LogP contribution >= 0.6 is 0 Å². The normalized spacial score (nSPS) is 13.3. The second-order valence-corrected chi connectivity index (χ2v) is 5.04. The van der Waals surface area contributed by atoms with Gasteiger partial charge in [-0.05, 0) is 5.56 Å². The number of nitro groups is 1. The Morgan fingerprint density at radius 2 is 1.95 bits per heavy atom. The molecule has 0 heterocycles. The smallest absolute Gasteiger partial charge is 0.307 e. The van der Waals surface area contributed by atoms with Crippen molar-refractivity contribution >= 4 is 17.6 Å². The molecule has 1 amide bonds. The number of hydrogen-bond donors (Lipinski definition) is 1. The van der Waals surface area contributed by atoms with Gasteiger partial charge in [-0.3, -0.25) is 19.7 Å². The van der Waals surface area contributed by atoms with E-state index in [1.807, 2.05) is 0 Å². The predicted octanol–water partition coefficient (Wildman–Crippen LogP) is 1.91. The minimum Gasteiger partial charge on any atom is -0.481 e. The summed E-state index contributed by atoms with van der Waals surface area (Å²) in [6, 6.07) is 6.01. The molecule has 0 saturated heterocycles. The van der Waals surface area contributed by atoms with E-state index in [0.29, 0.717) is 5.56 Å². The van der Waals surface area contributed by atoms with Gasteiger partial charge in [0.05, 0.1) is 10.8 Å². The number of benzene rings is 1. The second kappa shape index (κ2) is 6.83. The molecule has 0 aliphatic rings. The van der Waals surface area contributed by atoms with E-state index in [-0.39, 0.29) is 18.1 Å². The highest BCUT2D eigenvalue weighted by Crippen LogP contribution is 2.18. The molecule has 7 heteroatoms. The number of nitrogens with zero attached hydrogens (tertiary/aromatic N) is 2. The molecule has 0 fully saturated rings. The van der Waals surface area contributed by atoms with Gasteiger partial charge in [-0.1, -0.05) is 26.0 Å². The summed E-state index contributed by atoms with van der Waals surface area (Å²) in [5.74, 6) is -2.78. The number of aliphatic carboxylic acids is 1. The first-order valence-corrected chi connectivity index (χ1v) is 6.45. The molecule has 1 aromatic carbocycles. The zero-order valence-corrected chi connectivity index (χ0v) is 12.1. The second-order valence-electron chi connectivity index (χ2n) is 5.04. The van der Waals surface area contributed by atoms with Crippen LogP contribution in [0.3, 0.4) is 0 Å². The molecule has 0 bridgehead atoms. The van der Waals surface area contributed by atoms with Gasteiger partial charge in [0.1, 0.15) is 0 Å². The van der Waals surface area contributed by atoms with E-state index in [2.05, 4.69) is 0 Å². The quantitative estimate of drug-likeness (QED) is 0.638. The van der Waals surface area contributed by atoms with Crippen molar-refractivity contribution in [1.29, 1.82) is 0 Å². The number of amides is 1. The van der Waals surface area contributed by atoms with Crippen LogP contribution in [0, 0.1) is 22.0 Å². The Labute approximate surface area is 122 Å². The zero-order chi connectivity index (χ0) is 16.2. The standard InChI is InChI=1S/C14H18N2O5/c1-9(10(2)14(18)19)13(17)15(3)8-11-5-4-6-12(7-11)16(20)21/h4-7,9-10H,8H2,1-3H3,(H,18,19). The number of carbonyl (C=O) groups is 2. The summed E-state index contributed by atoms with van der Waals surface area (Å²) in [5.41, 5.74) is 0.579. The van der Waals surface area contributed by atoms with E-state index in [4.69, 9.17) is 5.11 Å². The molecule has 2 atom stereocenters. The maximum atomic E-state index is 12.1. The number of nitro benzene ring substituents is 1. The van der Waals surface area contributed by atoms with Gasteiger partial charge in [0, 0.05) is 31.6 Å². The highest BCUT2D eigenvalue weighted by Gasteiger charge is 2.28. The number of hydrogen-bond acceptors (Lipinski definition) is 4. The van der Waals surface area contributed by atoms with Gasteiger partial charge in [0.25, 0.3) is 5.69 Å². The molecule has 0 radical (unpaired) electrons. The molecule has 0 aromatic heterocycles. The zero-order valence-electron chi connectivity index (χ0n) is 12.1. The van der Waals surface area contributed by atoms with Crippen molar-refractivity contribution in [3.8, 4) is 0 Å². The van der Waals surface area contributed by atoms with Gasteiger partial charge in [0.15, 0.2) is 0 Å². The van der Waals surface area contributed by atoms with Gasteiger partial charge in [0.2, 0.25) is 5.91 Å². The lowest BCUT2D eigenvalue weighted by Crippen LogP contribution is -2.36. The summed E-state index contributed by atoms with van der Waals surface area (Å²) < 4.78 is 0. The third-order valence-electron chi connectivity index (χ3n) is 3.45. The third-order valence-corrected chi connectivity index (χ3v) is 3.45. The van der Waals surface area contributed by atoms with Crippen LogP contribution in [0.4, 0.5) is 5.69 Å². The van der Waals surface area contributed by atoms with E-state index < -0.39 is 22.7 Å². The van der Waals surface area contributed by atoms with E-state index in [1.54, 1.807) is 26.1 Å². The molecular weight excluding hydrogens is 276 g/mol. The SMILES string of the molecule is CC(C(=O)O)C(C)C(=O)N(C)Cc1cccc([N+](=O)[O-])c1. The van der Waals surface area contributed by atoms with Crippen molar-refractivity contribution in [3.63, 3.8) is 0 Å². The van der Waals surface area contributed by atoms with Crippen molar-refractivity contribution in [2.45, 2.75) is 20.4 Å². The molecule has 2 unspecified atom stereocenters. The number of rotatable bonds is 6. The lowest BCUT2D eigenvalue weighted by molar-refractivity contribution is -0.384. The van der Waals surface area contributed by atoms with Crippen molar-refractivity contribution in [1.82, 2.24) is 4.90 Å². The molecule has 0 aliphatic carbocycles. The molecule has 1 aromatic rings. The van der Waals surface area contributed by atoms with Crippen LogP contribution in [0.2, 0.25) is 0 Å². The number of carboxylic acid groups (broad SMARTS) is 1. The van der Waals surface area contributed by atoms with Crippen molar-refractivity contribution in [3.05, 3.63) is 39.9 Å². The fraction of sp³-hybridized carbons (Fsp3) is 0.429. The largest absolute Gasteiger partial charge is 0.481 e. The molecule has 0 saturated carbocycles. The van der Waals surface area contributed by atoms with Crippen LogP contribution in [0.25, 0.3) is 0 Å². The van der Waals surface area contributed by atoms with Crippen molar-refractivity contribution < 1.29 is 19.6 Å². The van der Waals surface area contributed by atoms with E-state index in [1.165, 1.54) is 24.0 Å². The Morgan fingerprint density at radius 3 is 2.48 bits per heavy atom. The maximum absolute atomic E-state index is 12.1. The van der Waals surface area contributed by atoms with Crippen LogP contribution in [0.1, 0.15) is 19.4 Å². The number of carbonyl (C=O) groups excluding carboxylic acids is 1. The van der Waals surface area contributed by atoms with E-state index in [9.17, 15) is 19.7 Å². The van der Waals surface area contributed by atoms with Crippen LogP contribution in [-0.4, -0.2) is 33.9 Å². The topological polar surface area (TPSA) is 101 Å². The van der Waals surface area contributed by atoms with Gasteiger partial charge in [-0.15, -0.1) is 0 Å². The molecule has 114 valence electrons. The molecule has 1 N–H and O–H groups in total. The highest BCUT2D eigenvalue weighted by atomic mass is 16.6. The average Bonchev–Trinajstić information content (AvgIpc) is 2.44. The fourth-order valence-corrected chi connectivity index (χ4v) is 1.90. The van der Waals surface area contributed by atoms with E-state index >= 15 is 0 Å². The average molecular weight is 294 g/mol. The highest BCUT2D eigenvalue weighted by molar-refractivity contribution is 5.84. The predicted molar refractivity (Wildman–Crippen MR) is 75.5 cm³/mol. The van der Waals surface area contributed by atoms with Crippen LogP contribution in [0.15, 0.2) is 24.3 Å². The van der Waals surface area contributed by atoms with Crippen LogP contribution in [0.5, 0.6) is 0 Å². The molecule has 21 heavy (non-hydrogen) atoms. The number of carboxylic acids is 1. The number of non-ortho nitro benzene ring substituents is 1. The van der Waals surface area contributed by atoms with E-state index in [0.717, 1.165) is 0 Å². The van der Waals surface area contributed by atoms with Crippen LogP contribution < -0.4 is 0 Å². The summed E-state index contributed by atoms with van der Waals surface area (Å²) in [6.07, 6.45) is 0. The Hall–Kier alpha value is -2.44. The Balaban J connectivity index is 2.78. The Bertz CT molecular complexity index is 558. The minimum atomic E-state index is -1.03. The summed E-state index contributed by atoms with van der Waals surface area (Å²) in [5, 5.41) is 19.6. The van der Waals surface area contributed by atoms with Gasteiger partial charge in [-0.25, -0.2) is 0 Å². The lowest BCUT2D eigenvalue weighted by Gasteiger charge is -2.23. The first-order valence-electron chi connectivity index (χ1n) is 6.45. The lowest BCUT2D eigenvalue weighted by atomic mass is 9.95. The minimum absolute atomic E-state index is 0.0414.